The van der Waals surface area contributed by atoms with Crippen molar-refractivity contribution in [3.8, 4) is 5.88 Å². The zero-order valence-corrected chi connectivity index (χ0v) is 13.1. The van der Waals surface area contributed by atoms with Crippen molar-refractivity contribution < 1.29 is 9.13 Å². The molecule has 3 rings (SSSR count). The minimum Gasteiger partial charge on any atom is -0.471 e. The minimum atomic E-state index is -0.377. The Balaban J connectivity index is 1.67. The number of pyridine rings is 1. The number of ether oxygens (including phenoxy) is 1. The van der Waals surface area contributed by atoms with Gasteiger partial charge in [-0.15, -0.1) is 0 Å². The van der Waals surface area contributed by atoms with Crippen molar-refractivity contribution in [2.45, 2.75) is 32.0 Å². The van der Waals surface area contributed by atoms with Crippen molar-refractivity contribution in [3.05, 3.63) is 57.9 Å². The third-order valence-electron chi connectivity index (χ3n) is 3.42. The Hall–Kier alpha value is -1.46. The zero-order chi connectivity index (χ0) is 14.7. The first-order chi connectivity index (χ1) is 10.2. The summed E-state index contributed by atoms with van der Waals surface area (Å²) in [5.74, 6) is -0.321. The van der Waals surface area contributed by atoms with Crippen LogP contribution in [0.3, 0.4) is 0 Å². The van der Waals surface area contributed by atoms with Crippen LogP contribution in [-0.2, 0) is 13.2 Å². The minimum absolute atomic E-state index is 0.0563. The van der Waals surface area contributed by atoms with Gasteiger partial charge < -0.3 is 10.1 Å². The molecule has 1 aliphatic carbocycles. The molecule has 1 fully saturated rings. The lowest BCUT2D eigenvalue weighted by Crippen LogP contribution is -2.16. The van der Waals surface area contributed by atoms with E-state index in [1.165, 1.54) is 12.8 Å². The topological polar surface area (TPSA) is 34.2 Å². The van der Waals surface area contributed by atoms with Crippen LogP contribution in [-0.4, -0.2) is 11.0 Å². The maximum Gasteiger partial charge on any atom is 0.251 e. The Bertz CT molecular complexity index is 631. The van der Waals surface area contributed by atoms with Crippen LogP contribution in [0.4, 0.5) is 4.39 Å². The molecule has 0 unspecified atom stereocenters. The molecule has 1 aromatic heterocycles. The van der Waals surface area contributed by atoms with E-state index in [0.717, 1.165) is 10.0 Å². The van der Waals surface area contributed by atoms with Gasteiger partial charge in [0.15, 0.2) is 5.82 Å². The quantitative estimate of drug-likeness (QED) is 0.859. The molecule has 2 aromatic rings. The van der Waals surface area contributed by atoms with Gasteiger partial charge in [-0.2, -0.15) is 0 Å². The predicted molar refractivity (Wildman–Crippen MR) is 82.5 cm³/mol. The zero-order valence-electron chi connectivity index (χ0n) is 11.5. The first-order valence-corrected chi connectivity index (χ1v) is 7.76. The fourth-order valence-corrected chi connectivity index (χ4v) is 2.40. The standard InChI is InChI=1S/C16H16BrFN2O/c17-14-4-2-1-3-12(14)10-21-16-15(18)11(7-8-19-16)9-20-13-5-6-13/h1-4,7-8,13,20H,5-6,9-10H2. The summed E-state index contributed by atoms with van der Waals surface area (Å²) in [7, 11) is 0. The van der Waals surface area contributed by atoms with Gasteiger partial charge in [-0.1, -0.05) is 34.1 Å². The van der Waals surface area contributed by atoms with Gasteiger partial charge >= 0.3 is 0 Å². The van der Waals surface area contributed by atoms with E-state index >= 15 is 0 Å². The molecule has 0 atom stereocenters. The van der Waals surface area contributed by atoms with E-state index < -0.39 is 0 Å². The number of rotatable bonds is 6. The smallest absolute Gasteiger partial charge is 0.251 e. The molecule has 1 N–H and O–H groups in total. The summed E-state index contributed by atoms with van der Waals surface area (Å²) >= 11 is 3.45. The summed E-state index contributed by atoms with van der Waals surface area (Å²) in [6, 6.07) is 9.94. The third kappa shape index (κ3) is 3.80. The van der Waals surface area contributed by atoms with Crippen LogP contribution < -0.4 is 10.1 Å². The van der Waals surface area contributed by atoms with Gasteiger partial charge in [0, 0.05) is 34.4 Å². The average Bonchev–Trinajstić information content (AvgIpc) is 3.31. The highest BCUT2D eigenvalue weighted by Crippen LogP contribution is 2.23. The first-order valence-electron chi connectivity index (χ1n) is 6.97. The number of benzene rings is 1. The number of hydrogen-bond donors (Lipinski definition) is 1. The normalized spacial score (nSPS) is 14.2. The summed E-state index contributed by atoms with van der Waals surface area (Å²) in [5, 5.41) is 3.29. The molecule has 0 aliphatic heterocycles. The third-order valence-corrected chi connectivity index (χ3v) is 4.19. The van der Waals surface area contributed by atoms with Crippen LogP contribution in [0.2, 0.25) is 0 Å². The van der Waals surface area contributed by atoms with Gasteiger partial charge in [-0.25, -0.2) is 9.37 Å². The lowest BCUT2D eigenvalue weighted by molar-refractivity contribution is 0.275. The van der Waals surface area contributed by atoms with Crippen molar-refractivity contribution in [2.24, 2.45) is 0 Å². The molecule has 0 bridgehead atoms. The van der Waals surface area contributed by atoms with Crippen LogP contribution >= 0.6 is 15.9 Å². The summed E-state index contributed by atoms with van der Waals surface area (Å²) in [6.45, 7) is 0.801. The van der Waals surface area contributed by atoms with Gasteiger partial charge in [0.2, 0.25) is 0 Å². The highest BCUT2D eigenvalue weighted by Gasteiger charge is 2.21. The largest absolute Gasteiger partial charge is 0.471 e. The van der Waals surface area contributed by atoms with E-state index in [4.69, 9.17) is 4.74 Å². The SMILES string of the molecule is Fc1c(CNC2CC2)ccnc1OCc1ccccc1Br. The van der Waals surface area contributed by atoms with E-state index in [-0.39, 0.29) is 18.3 Å². The molecule has 1 aliphatic rings. The molecule has 3 nitrogen and oxygen atoms in total. The van der Waals surface area contributed by atoms with Crippen molar-refractivity contribution in [1.82, 2.24) is 10.3 Å². The number of halogens is 2. The Morgan fingerprint density at radius 3 is 2.81 bits per heavy atom. The van der Waals surface area contributed by atoms with Gasteiger partial charge in [0.1, 0.15) is 6.61 Å². The van der Waals surface area contributed by atoms with Crippen molar-refractivity contribution in [2.75, 3.05) is 0 Å². The Morgan fingerprint density at radius 2 is 2.05 bits per heavy atom. The van der Waals surface area contributed by atoms with Crippen molar-refractivity contribution in [1.29, 1.82) is 0 Å². The van der Waals surface area contributed by atoms with E-state index in [9.17, 15) is 4.39 Å². The second-order valence-corrected chi connectivity index (χ2v) is 5.98. The van der Waals surface area contributed by atoms with Gasteiger partial charge in [0.05, 0.1) is 0 Å². The fourth-order valence-electron chi connectivity index (χ4n) is 2.00. The highest BCUT2D eigenvalue weighted by atomic mass is 79.9. The number of aromatic nitrogens is 1. The maximum atomic E-state index is 14.3. The van der Waals surface area contributed by atoms with Gasteiger partial charge in [-0.05, 0) is 25.0 Å². The van der Waals surface area contributed by atoms with E-state index in [0.29, 0.717) is 18.2 Å². The molecule has 21 heavy (non-hydrogen) atoms. The Kier molecular flexibility index (Phi) is 4.51. The van der Waals surface area contributed by atoms with Crippen LogP contribution in [0.1, 0.15) is 24.0 Å². The average molecular weight is 351 g/mol. The molecule has 0 radical (unpaired) electrons. The molecule has 5 heteroatoms. The Labute approximate surface area is 131 Å². The van der Waals surface area contributed by atoms with E-state index in [1.54, 1.807) is 12.3 Å². The lowest BCUT2D eigenvalue weighted by atomic mass is 10.2. The van der Waals surface area contributed by atoms with Gasteiger partial charge in [-0.3, -0.25) is 0 Å². The molecule has 1 aromatic carbocycles. The second-order valence-electron chi connectivity index (χ2n) is 5.12. The van der Waals surface area contributed by atoms with Crippen LogP contribution in [0.15, 0.2) is 41.0 Å². The number of hydrogen-bond acceptors (Lipinski definition) is 3. The molecular weight excluding hydrogens is 335 g/mol. The first kappa shape index (κ1) is 14.5. The monoisotopic (exact) mass is 350 g/mol. The van der Waals surface area contributed by atoms with Crippen LogP contribution in [0.5, 0.6) is 5.88 Å². The molecule has 110 valence electrons. The van der Waals surface area contributed by atoms with Crippen LogP contribution in [0, 0.1) is 5.82 Å². The summed E-state index contributed by atoms with van der Waals surface area (Å²) in [5.41, 5.74) is 1.55. The van der Waals surface area contributed by atoms with E-state index in [1.807, 2.05) is 24.3 Å². The number of nitrogens with zero attached hydrogens (tertiary/aromatic N) is 1. The maximum absolute atomic E-state index is 14.3. The van der Waals surface area contributed by atoms with Gasteiger partial charge in [0.25, 0.3) is 5.88 Å². The van der Waals surface area contributed by atoms with Crippen molar-refractivity contribution in [3.63, 3.8) is 0 Å². The highest BCUT2D eigenvalue weighted by molar-refractivity contribution is 9.10. The second kappa shape index (κ2) is 6.54. The lowest BCUT2D eigenvalue weighted by Gasteiger charge is -2.10. The Morgan fingerprint density at radius 1 is 1.24 bits per heavy atom. The molecule has 0 saturated heterocycles. The van der Waals surface area contributed by atoms with E-state index in [2.05, 4.69) is 26.2 Å². The summed E-state index contributed by atoms with van der Waals surface area (Å²) in [6.07, 6.45) is 3.94. The summed E-state index contributed by atoms with van der Waals surface area (Å²) < 4.78 is 20.8. The predicted octanol–water partition coefficient (Wildman–Crippen LogP) is 3.81. The molecule has 1 saturated carbocycles. The molecular formula is C16H16BrFN2O. The number of nitrogens with one attached hydrogen (secondary N) is 1. The molecule has 1 heterocycles. The fraction of sp³-hybridized carbons (Fsp3) is 0.312. The molecule has 0 spiro atoms. The van der Waals surface area contributed by atoms with Crippen LogP contribution in [0.25, 0.3) is 0 Å². The van der Waals surface area contributed by atoms with Crippen molar-refractivity contribution >= 4 is 15.9 Å². The summed E-state index contributed by atoms with van der Waals surface area (Å²) in [4.78, 5) is 3.99. The molecule has 0 amide bonds.